The Balaban J connectivity index is 1.73. The highest BCUT2D eigenvalue weighted by Crippen LogP contribution is 2.24. The molecule has 5 nitrogen and oxygen atoms in total. The summed E-state index contributed by atoms with van der Waals surface area (Å²) in [7, 11) is 0. The third-order valence-electron chi connectivity index (χ3n) is 4.38. The highest BCUT2D eigenvalue weighted by molar-refractivity contribution is 7.04. The molecule has 3 N–H and O–H groups in total. The second-order valence-corrected chi connectivity index (χ2v) is 6.62. The number of nitrogens with zero attached hydrogens (tertiary/aromatic N) is 2. The summed E-state index contributed by atoms with van der Waals surface area (Å²) in [4.78, 5) is 14.6. The lowest BCUT2D eigenvalue weighted by molar-refractivity contribution is 0.0925. The number of carbonyl (C=O) groups is 1. The molecule has 24 heavy (non-hydrogen) atoms. The topological polar surface area (TPSA) is 71.2 Å². The number of benzene rings is 1. The summed E-state index contributed by atoms with van der Waals surface area (Å²) in [6.07, 6.45) is 3.52. The summed E-state index contributed by atoms with van der Waals surface area (Å²) in [6, 6.07) is 6.55. The van der Waals surface area contributed by atoms with Crippen LogP contribution in [0.4, 0.5) is 10.2 Å². The maximum absolute atomic E-state index is 13.2. The van der Waals surface area contributed by atoms with E-state index in [-0.39, 0.29) is 23.6 Å². The molecule has 1 amide bonds. The molecule has 1 aromatic heterocycles. The number of nitrogens with two attached hydrogens (primary N) is 1. The van der Waals surface area contributed by atoms with E-state index in [0.717, 1.165) is 31.5 Å². The Morgan fingerprint density at radius 2 is 2.00 bits per heavy atom. The number of hydrogen-bond donors (Lipinski definition) is 2. The molecule has 0 spiro atoms. The van der Waals surface area contributed by atoms with E-state index in [2.05, 4.69) is 14.6 Å². The van der Waals surface area contributed by atoms with Gasteiger partial charge in [0.15, 0.2) is 0 Å². The van der Waals surface area contributed by atoms with Crippen molar-refractivity contribution >= 4 is 23.3 Å². The van der Waals surface area contributed by atoms with Crippen LogP contribution in [-0.4, -0.2) is 34.8 Å². The molecule has 7 heteroatoms. The zero-order valence-electron chi connectivity index (χ0n) is 13.4. The zero-order chi connectivity index (χ0) is 16.9. The van der Waals surface area contributed by atoms with Crippen molar-refractivity contribution in [2.24, 2.45) is 0 Å². The van der Waals surface area contributed by atoms with E-state index in [1.807, 2.05) is 0 Å². The van der Waals surface area contributed by atoms with Gasteiger partial charge in [-0.05, 0) is 55.2 Å². The number of likely N-dealkylation sites (tertiary alicyclic amines) is 1. The van der Waals surface area contributed by atoms with Gasteiger partial charge in [0.2, 0.25) is 0 Å². The number of halogens is 1. The normalized spacial score (nSPS) is 16.7. The van der Waals surface area contributed by atoms with Crippen molar-refractivity contribution in [1.29, 1.82) is 0 Å². The molecular formula is C17H21FN4OS. The van der Waals surface area contributed by atoms with Gasteiger partial charge in [0.05, 0.1) is 11.6 Å². The fourth-order valence-electron chi connectivity index (χ4n) is 3.07. The predicted molar refractivity (Wildman–Crippen MR) is 93.4 cm³/mol. The van der Waals surface area contributed by atoms with Crippen LogP contribution in [0.25, 0.3) is 0 Å². The van der Waals surface area contributed by atoms with E-state index in [1.165, 1.54) is 30.1 Å². The van der Waals surface area contributed by atoms with Crippen molar-refractivity contribution in [3.8, 4) is 0 Å². The summed E-state index contributed by atoms with van der Waals surface area (Å²) in [6.45, 7) is 2.43. The predicted octanol–water partition coefficient (Wildman–Crippen LogP) is 2.82. The molecule has 3 rings (SSSR count). The Kier molecular flexibility index (Phi) is 5.42. The van der Waals surface area contributed by atoms with Crippen LogP contribution in [0, 0.1) is 5.82 Å². The first-order valence-corrected chi connectivity index (χ1v) is 8.96. The van der Waals surface area contributed by atoms with Crippen molar-refractivity contribution in [2.75, 3.05) is 25.4 Å². The van der Waals surface area contributed by atoms with Crippen LogP contribution in [-0.2, 0) is 0 Å². The van der Waals surface area contributed by atoms with E-state index in [9.17, 15) is 9.18 Å². The first-order chi connectivity index (χ1) is 11.6. The lowest BCUT2D eigenvalue weighted by atomic mass is 10.0. The zero-order valence-corrected chi connectivity index (χ0v) is 14.2. The Labute approximate surface area is 144 Å². The van der Waals surface area contributed by atoms with Crippen LogP contribution >= 0.6 is 11.5 Å². The van der Waals surface area contributed by atoms with Crippen molar-refractivity contribution in [2.45, 2.75) is 25.3 Å². The number of anilines is 1. The van der Waals surface area contributed by atoms with Crippen molar-refractivity contribution in [1.82, 2.24) is 14.6 Å². The SMILES string of the molecule is Nc1nscc1C(=O)NCC(c1ccc(F)cc1)N1CCCCC1. The minimum absolute atomic E-state index is 0.0302. The smallest absolute Gasteiger partial charge is 0.256 e. The average Bonchev–Trinajstić information content (AvgIpc) is 3.03. The van der Waals surface area contributed by atoms with Gasteiger partial charge in [-0.15, -0.1) is 0 Å². The molecule has 0 saturated carbocycles. The molecule has 1 aliphatic heterocycles. The molecule has 1 unspecified atom stereocenters. The molecule has 1 saturated heterocycles. The van der Waals surface area contributed by atoms with Crippen LogP contribution in [0.2, 0.25) is 0 Å². The largest absolute Gasteiger partial charge is 0.382 e. The van der Waals surface area contributed by atoms with Crippen molar-refractivity contribution < 1.29 is 9.18 Å². The number of aromatic nitrogens is 1. The summed E-state index contributed by atoms with van der Waals surface area (Å²) in [5.74, 6) is -0.212. The second-order valence-electron chi connectivity index (χ2n) is 5.99. The van der Waals surface area contributed by atoms with Crippen molar-refractivity contribution in [3.05, 3.63) is 46.6 Å². The van der Waals surface area contributed by atoms with E-state index >= 15 is 0 Å². The molecule has 1 atom stereocenters. The number of piperidine rings is 1. The van der Waals surface area contributed by atoms with E-state index < -0.39 is 0 Å². The monoisotopic (exact) mass is 348 g/mol. The van der Waals surface area contributed by atoms with Gasteiger partial charge < -0.3 is 11.1 Å². The molecule has 1 fully saturated rings. The molecular weight excluding hydrogens is 327 g/mol. The molecule has 0 radical (unpaired) electrons. The van der Waals surface area contributed by atoms with E-state index in [0.29, 0.717) is 12.1 Å². The van der Waals surface area contributed by atoms with Crippen molar-refractivity contribution in [3.63, 3.8) is 0 Å². The molecule has 2 heterocycles. The van der Waals surface area contributed by atoms with Gasteiger partial charge in [-0.2, -0.15) is 4.37 Å². The number of amides is 1. The summed E-state index contributed by atoms with van der Waals surface area (Å²) in [5, 5.41) is 4.60. The van der Waals surface area contributed by atoms with E-state index in [4.69, 9.17) is 5.73 Å². The van der Waals surface area contributed by atoms with Crippen LogP contribution in [0.1, 0.15) is 41.2 Å². The second kappa shape index (κ2) is 7.72. The minimum atomic E-state index is -0.252. The maximum atomic E-state index is 13.2. The van der Waals surface area contributed by atoms with Gasteiger partial charge in [0, 0.05) is 11.9 Å². The third kappa shape index (κ3) is 3.91. The molecule has 1 aromatic carbocycles. The quantitative estimate of drug-likeness (QED) is 0.872. The number of rotatable bonds is 5. The summed E-state index contributed by atoms with van der Waals surface area (Å²) in [5.41, 5.74) is 7.13. The number of nitrogens with one attached hydrogen (secondary N) is 1. The Hall–Kier alpha value is -1.99. The molecule has 0 aliphatic carbocycles. The van der Waals surface area contributed by atoms with Gasteiger partial charge in [0.1, 0.15) is 11.6 Å². The lowest BCUT2D eigenvalue weighted by Gasteiger charge is -2.35. The van der Waals surface area contributed by atoms with Crippen LogP contribution in [0.3, 0.4) is 0 Å². The first-order valence-electron chi connectivity index (χ1n) is 8.12. The number of hydrogen-bond acceptors (Lipinski definition) is 5. The fraction of sp³-hybridized carbons (Fsp3) is 0.412. The van der Waals surface area contributed by atoms with Gasteiger partial charge in [-0.25, -0.2) is 4.39 Å². The third-order valence-corrected chi connectivity index (χ3v) is 5.03. The average molecular weight is 348 g/mol. The summed E-state index contributed by atoms with van der Waals surface area (Å²) >= 11 is 1.17. The van der Waals surface area contributed by atoms with Crippen LogP contribution in [0.15, 0.2) is 29.6 Å². The Morgan fingerprint density at radius 1 is 1.29 bits per heavy atom. The number of carbonyl (C=O) groups excluding carboxylic acids is 1. The maximum Gasteiger partial charge on any atom is 0.256 e. The highest BCUT2D eigenvalue weighted by Gasteiger charge is 2.23. The number of nitrogen functional groups attached to an aromatic ring is 1. The molecule has 1 aliphatic rings. The van der Waals surface area contributed by atoms with Gasteiger partial charge >= 0.3 is 0 Å². The van der Waals surface area contributed by atoms with E-state index in [1.54, 1.807) is 17.5 Å². The van der Waals surface area contributed by atoms with Crippen LogP contribution in [0.5, 0.6) is 0 Å². The molecule has 128 valence electrons. The fourth-order valence-corrected chi connectivity index (χ4v) is 3.67. The molecule has 0 bridgehead atoms. The summed E-state index contributed by atoms with van der Waals surface area (Å²) < 4.78 is 17.2. The highest BCUT2D eigenvalue weighted by atomic mass is 32.1. The lowest BCUT2D eigenvalue weighted by Crippen LogP contribution is -2.40. The van der Waals surface area contributed by atoms with Gasteiger partial charge in [-0.1, -0.05) is 18.6 Å². The molecule has 2 aromatic rings. The van der Waals surface area contributed by atoms with Gasteiger partial charge in [0.25, 0.3) is 5.91 Å². The standard InChI is InChI=1S/C17H21FN4OS/c18-13-6-4-12(5-7-13)15(22-8-2-1-3-9-22)10-20-17(23)14-11-24-21-16(14)19/h4-7,11,15H,1-3,8-10H2,(H2,19,21)(H,20,23). The Morgan fingerprint density at radius 3 is 2.62 bits per heavy atom. The van der Waals surface area contributed by atoms with Gasteiger partial charge in [-0.3, -0.25) is 9.69 Å². The first kappa shape index (κ1) is 16.9. The van der Waals surface area contributed by atoms with Crippen LogP contribution < -0.4 is 11.1 Å². The Bertz CT molecular complexity index is 682. The minimum Gasteiger partial charge on any atom is -0.382 e.